The summed E-state index contributed by atoms with van der Waals surface area (Å²) < 4.78 is 5.35. The molecule has 0 aliphatic carbocycles. The van der Waals surface area contributed by atoms with Crippen LogP contribution in [0, 0.1) is 0 Å². The number of methoxy groups -OCH3 is 1. The molecule has 4 nitrogen and oxygen atoms in total. The number of aromatic amines is 1. The largest absolute Gasteiger partial charge is 0.497 e. The van der Waals surface area contributed by atoms with Crippen molar-refractivity contribution < 1.29 is 9.53 Å². The zero-order valence-electron chi connectivity index (χ0n) is 21.8. The van der Waals surface area contributed by atoms with Crippen LogP contribution >= 0.6 is 0 Å². The maximum atomic E-state index is 12.5. The van der Waals surface area contributed by atoms with Crippen molar-refractivity contribution in [1.29, 1.82) is 0 Å². The van der Waals surface area contributed by atoms with Gasteiger partial charge in [0.1, 0.15) is 5.75 Å². The Morgan fingerprint density at radius 2 is 1.68 bits per heavy atom. The molecule has 0 radical (unpaired) electrons. The lowest BCUT2D eigenvalue weighted by molar-refractivity contribution is -0.130. The monoisotopic (exact) mass is 466 g/mol. The summed E-state index contributed by atoms with van der Waals surface area (Å²) in [5.41, 5.74) is 2.33. The fourth-order valence-electron chi connectivity index (χ4n) is 4.18. The van der Waals surface area contributed by atoms with E-state index in [9.17, 15) is 4.79 Å². The van der Waals surface area contributed by atoms with E-state index in [0.29, 0.717) is 6.42 Å². The molecule has 0 unspecified atom stereocenters. The summed E-state index contributed by atoms with van der Waals surface area (Å²) in [4.78, 5) is 17.7. The number of H-pyrrole nitrogens is 1. The normalized spacial score (nSPS) is 11.7. The standard InChI is InChI=1S/C30H46N2O2/c1-4-5-6-7-8-9-10-11-12-13-14-15-16-17-18-19-30(33)32(2)23-22-26-25-31-29-21-20-27(34-3)24-28(26)29/h8-9,11-12,20-21,24-25,31H,4-7,10,13-19,22-23H2,1-3H3. The quantitative estimate of drug-likeness (QED) is 0.179. The van der Waals surface area contributed by atoms with Crippen LogP contribution in [0.2, 0.25) is 0 Å². The Bertz CT molecular complexity index is 881. The third-order valence-electron chi connectivity index (χ3n) is 6.46. The highest BCUT2D eigenvalue weighted by atomic mass is 16.5. The van der Waals surface area contributed by atoms with Crippen LogP contribution in [-0.4, -0.2) is 36.5 Å². The van der Waals surface area contributed by atoms with E-state index in [4.69, 9.17) is 4.74 Å². The number of amides is 1. The molecule has 0 aliphatic rings. The van der Waals surface area contributed by atoms with Crippen molar-refractivity contribution in [2.75, 3.05) is 20.7 Å². The number of carbonyl (C=O) groups excluding carboxylic acids is 1. The second kappa shape index (κ2) is 17.0. The van der Waals surface area contributed by atoms with E-state index in [1.54, 1.807) is 7.11 Å². The molecule has 1 heterocycles. The van der Waals surface area contributed by atoms with Crippen molar-refractivity contribution in [3.63, 3.8) is 0 Å². The predicted molar refractivity (Wildman–Crippen MR) is 146 cm³/mol. The topological polar surface area (TPSA) is 45.3 Å². The van der Waals surface area contributed by atoms with Gasteiger partial charge < -0.3 is 14.6 Å². The summed E-state index contributed by atoms with van der Waals surface area (Å²) >= 11 is 0. The third-order valence-corrected chi connectivity index (χ3v) is 6.46. The van der Waals surface area contributed by atoms with Crippen molar-refractivity contribution in [2.45, 2.75) is 90.4 Å². The Hall–Kier alpha value is -2.49. The first-order chi connectivity index (χ1) is 16.7. The van der Waals surface area contributed by atoms with Crippen LogP contribution in [0.1, 0.15) is 89.5 Å². The molecule has 34 heavy (non-hydrogen) atoms. The molecule has 0 bridgehead atoms. The number of unbranched alkanes of at least 4 members (excludes halogenated alkanes) is 8. The Morgan fingerprint density at radius 3 is 2.41 bits per heavy atom. The van der Waals surface area contributed by atoms with Crippen LogP contribution in [0.4, 0.5) is 0 Å². The number of ether oxygens (including phenoxy) is 1. The lowest BCUT2D eigenvalue weighted by Gasteiger charge is -2.17. The molecule has 0 aliphatic heterocycles. The Labute approximate surface area is 207 Å². The predicted octanol–water partition coefficient (Wildman–Crippen LogP) is 7.99. The van der Waals surface area contributed by atoms with Crippen LogP contribution in [0.5, 0.6) is 5.75 Å². The Balaban J connectivity index is 1.50. The smallest absolute Gasteiger partial charge is 0.222 e. The van der Waals surface area contributed by atoms with Gasteiger partial charge in [0.2, 0.25) is 5.91 Å². The number of hydrogen-bond acceptors (Lipinski definition) is 2. The number of nitrogens with one attached hydrogen (secondary N) is 1. The molecule has 4 heteroatoms. The molecule has 0 saturated carbocycles. The van der Waals surface area contributed by atoms with E-state index in [-0.39, 0.29) is 5.91 Å². The van der Waals surface area contributed by atoms with Crippen LogP contribution in [-0.2, 0) is 11.2 Å². The van der Waals surface area contributed by atoms with Gasteiger partial charge in [-0.3, -0.25) is 4.79 Å². The molecule has 1 amide bonds. The Kier molecular flexibility index (Phi) is 13.9. The molecule has 1 aromatic heterocycles. The SMILES string of the molecule is CCCCCC=CCC=CCCCCCCCC(=O)N(C)CCc1c[nH]c2ccc(OC)cc12. The molecule has 1 N–H and O–H groups in total. The molecule has 0 atom stereocenters. The molecule has 188 valence electrons. The number of hydrogen-bond donors (Lipinski definition) is 1. The molecule has 1 aromatic carbocycles. The minimum absolute atomic E-state index is 0.253. The van der Waals surface area contributed by atoms with E-state index < -0.39 is 0 Å². The highest BCUT2D eigenvalue weighted by molar-refractivity contribution is 5.84. The van der Waals surface area contributed by atoms with Gasteiger partial charge in [0, 0.05) is 37.1 Å². The van der Waals surface area contributed by atoms with Crippen LogP contribution in [0.25, 0.3) is 10.9 Å². The fourth-order valence-corrected chi connectivity index (χ4v) is 4.18. The maximum Gasteiger partial charge on any atom is 0.222 e. The first-order valence-electron chi connectivity index (χ1n) is 13.3. The van der Waals surface area contributed by atoms with Gasteiger partial charge in [-0.05, 0) is 68.7 Å². The van der Waals surface area contributed by atoms with E-state index in [1.807, 2.05) is 30.3 Å². The van der Waals surface area contributed by atoms with Crippen LogP contribution in [0.3, 0.4) is 0 Å². The second-order valence-electron chi connectivity index (χ2n) is 9.27. The van der Waals surface area contributed by atoms with E-state index >= 15 is 0 Å². The van der Waals surface area contributed by atoms with Gasteiger partial charge in [-0.15, -0.1) is 0 Å². The molecular formula is C30H46N2O2. The fraction of sp³-hybridized carbons (Fsp3) is 0.567. The van der Waals surface area contributed by atoms with Gasteiger partial charge in [-0.2, -0.15) is 0 Å². The summed E-state index contributed by atoms with van der Waals surface area (Å²) in [7, 11) is 3.61. The van der Waals surface area contributed by atoms with Crippen molar-refractivity contribution in [2.24, 2.45) is 0 Å². The first-order valence-corrected chi connectivity index (χ1v) is 13.3. The number of fused-ring (bicyclic) bond motifs is 1. The highest BCUT2D eigenvalue weighted by Crippen LogP contribution is 2.24. The van der Waals surface area contributed by atoms with E-state index in [0.717, 1.165) is 43.5 Å². The molecular weight excluding hydrogens is 420 g/mol. The minimum atomic E-state index is 0.253. The summed E-state index contributed by atoms with van der Waals surface area (Å²) in [6.07, 6.45) is 26.0. The van der Waals surface area contributed by atoms with E-state index in [2.05, 4.69) is 42.3 Å². The number of rotatable bonds is 18. The molecule has 0 saturated heterocycles. The summed E-state index contributed by atoms with van der Waals surface area (Å²) in [6, 6.07) is 6.06. The highest BCUT2D eigenvalue weighted by Gasteiger charge is 2.11. The number of nitrogens with zero attached hydrogens (tertiary/aromatic N) is 1. The second-order valence-corrected chi connectivity index (χ2v) is 9.27. The van der Waals surface area contributed by atoms with Gasteiger partial charge in [-0.1, -0.05) is 63.3 Å². The van der Waals surface area contributed by atoms with Gasteiger partial charge in [0.05, 0.1) is 7.11 Å². The lowest BCUT2D eigenvalue weighted by Crippen LogP contribution is -2.28. The number of likely N-dealkylation sites (N-methyl/N-ethyl adjacent to an activating group) is 1. The maximum absolute atomic E-state index is 12.5. The molecule has 2 rings (SSSR count). The van der Waals surface area contributed by atoms with Crippen molar-refractivity contribution in [3.05, 3.63) is 54.3 Å². The van der Waals surface area contributed by atoms with Crippen molar-refractivity contribution in [1.82, 2.24) is 9.88 Å². The van der Waals surface area contributed by atoms with Crippen LogP contribution < -0.4 is 4.74 Å². The van der Waals surface area contributed by atoms with E-state index in [1.165, 1.54) is 62.3 Å². The van der Waals surface area contributed by atoms with Gasteiger partial charge >= 0.3 is 0 Å². The molecule has 0 spiro atoms. The number of benzene rings is 1. The van der Waals surface area contributed by atoms with Crippen LogP contribution in [0.15, 0.2) is 48.7 Å². The van der Waals surface area contributed by atoms with Crippen molar-refractivity contribution >= 4 is 16.8 Å². The lowest BCUT2D eigenvalue weighted by atomic mass is 10.1. The average molecular weight is 467 g/mol. The number of allylic oxidation sites excluding steroid dienone is 4. The summed E-state index contributed by atoms with van der Waals surface area (Å²) in [5.74, 6) is 1.11. The first kappa shape index (κ1) is 27.8. The molecule has 0 fully saturated rings. The number of carbonyl (C=O) groups is 1. The van der Waals surface area contributed by atoms with Gasteiger partial charge in [0.25, 0.3) is 0 Å². The van der Waals surface area contributed by atoms with Gasteiger partial charge in [-0.25, -0.2) is 0 Å². The van der Waals surface area contributed by atoms with Crippen molar-refractivity contribution in [3.8, 4) is 5.75 Å². The average Bonchev–Trinajstić information content (AvgIpc) is 3.26. The summed E-state index contributed by atoms with van der Waals surface area (Å²) in [6.45, 7) is 2.99. The molecule has 2 aromatic rings. The zero-order chi connectivity index (χ0) is 24.4. The third kappa shape index (κ3) is 10.6. The Morgan fingerprint density at radius 1 is 0.971 bits per heavy atom. The zero-order valence-corrected chi connectivity index (χ0v) is 21.8. The number of aromatic nitrogens is 1. The minimum Gasteiger partial charge on any atom is -0.497 e. The van der Waals surface area contributed by atoms with Gasteiger partial charge in [0.15, 0.2) is 0 Å². The summed E-state index contributed by atoms with van der Waals surface area (Å²) in [5, 5.41) is 1.17.